The van der Waals surface area contributed by atoms with E-state index in [2.05, 4.69) is 10.3 Å². The molecule has 0 unspecified atom stereocenters. The van der Waals surface area contributed by atoms with Crippen molar-refractivity contribution in [1.82, 2.24) is 4.98 Å². The Morgan fingerprint density at radius 1 is 1.57 bits per heavy atom. The molecule has 0 radical (unpaired) electrons. The summed E-state index contributed by atoms with van der Waals surface area (Å²) >= 11 is 0. The summed E-state index contributed by atoms with van der Waals surface area (Å²) < 4.78 is 12.6. The predicted octanol–water partition coefficient (Wildman–Crippen LogP) is 0.898. The van der Waals surface area contributed by atoms with Crippen LogP contribution in [0.15, 0.2) is 18.5 Å². The molecule has 0 saturated carbocycles. The van der Waals surface area contributed by atoms with Gasteiger partial charge in [0.05, 0.1) is 18.1 Å². The number of rotatable bonds is 4. The third kappa shape index (κ3) is 3.49. The van der Waals surface area contributed by atoms with Crippen LogP contribution in [0.2, 0.25) is 0 Å². The Balaban J connectivity index is 2.47. The minimum Gasteiger partial charge on any atom is -0.330 e. The van der Waals surface area contributed by atoms with Gasteiger partial charge in [-0.1, -0.05) is 0 Å². The second-order valence-corrected chi connectivity index (χ2v) is 2.83. The van der Waals surface area contributed by atoms with E-state index in [1.54, 1.807) is 0 Å². The average Bonchev–Trinajstić information content (AvgIpc) is 2.15. The molecular formula is C9H12FN3O. The molecule has 5 heteroatoms. The zero-order chi connectivity index (χ0) is 10.4. The van der Waals surface area contributed by atoms with Crippen molar-refractivity contribution in [2.75, 3.05) is 11.9 Å². The first-order chi connectivity index (χ1) is 6.72. The first kappa shape index (κ1) is 10.6. The third-order valence-electron chi connectivity index (χ3n) is 1.60. The number of carbonyl (C=O) groups is 1. The van der Waals surface area contributed by atoms with Crippen LogP contribution in [0, 0.1) is 5.82 Å². The summed E-state index contributed by atoms with van der Waals surface area (Å²) in [5, 5.41) is 2.52. The first-order valence-corrected chi connectivity index (χ1v) is 4.33. The van der Waals surface area contributed by atoms with Crippen LogP contribution in [0.5, 0.6) is 0 Å². The number of amides is 1. The van der Waals surface area contributed by atoms with Crippen LogP contribution in [0.25, 0.3) is 0 Å². The van der Waals surface area contributed by atoms with Crippen molar-refractivity contribution < 1.29 is 9.18 Å². The molecule has 76 valence electrons. The Kier molecular flexibility index (Phi) is 4.00. The van der Waals surface area contributed by atoms with Gasteiger partial charge in [-0.25, -0.2) is 4.39 Å². The fourth-order valence-electron chi connectivity index (χ4n) is 0.966. The maximum Gasteiger partial charge on any atom is 0.224 e. The summed E-state index contributed by atoms with van der Waals surface area (Å²) in [6.45, 7) is 0.467. The molecule has 0 spiro atoms. The van der Waals surface area contributed by atoms with Crippen LogP contribution in [-0.2, 0) is 4.79 Å². The molecule has 1 aromatic rings. The van der Waals surface area contributed by atoms with Crippen molar-refractivity contribution >= 4 is 11.6 Å². The van der Waals surface area contributed by atoms with E-state index in [1.165, 1.54) is 12.3 Å². The van der Waals surface area contributed by atoms with Gasteiger partial charge >= 0.3 is 0 Å². The van der Waals surface area contributed by atoms with Gasteiger partial charge in [-0.15, -0.1) is 0 Å². The maximum atomic E-state index is 12.6. The lowest BCUT2D eigenvalue weighted by molar-refractivity contribution is -0.116. The highest BCUT2D eigenvalue weighted by Crippen LogP contribution is 2.07. The molecule has 1 rings (SSSR count). The number of nitrogens with one attached hydrogen (secondary N) is 1. The van der Waals surface area contributed by atoms with Crippen LogP contribution >= 0.6 is 0 Å². The number of hydrogen-bond donors (Lipinski definition) is 2. The third-order valence-corrected chi connectivity index (χ3v) is 1.60. The van der Waals surface area contributed by atoms with E-state index in [1.807, 2.05) is 0 Å². The molecule has 0 aliphatic heterocycles. The SMILES string of the molecule is NCCCC(=O)Nc1cncc(F)c1. The second kappa shape index (κ2) is 5.29. The van der Waals surface area contributed by atoms with E-state index in [0.29, 0.717) is 25.1 Å². The second-order valence-electron chi connectivity index (χ2n) is 2.83. The Hall–Kier alpha value is -1.49. The topological polar surface area (TPSA) is 68.0 Å². The van der Waals surface area contributed by atoms with Crippen LogP contribution in [-0.4, -0.2) is 17.4 Å². The number of aromatic nitrogens is 1. The first-order valence-electron chi connectivity index (χ1n) is 4.33. The Bertz CT molecular complexity index is 317. The summed E-state index contributed by atoms with van der Waals surface area (Å²) in [5.74, 6) is -0.649. The summed E-state index contributed by atoms with van der Waals surface area (Å²) in [6, 6.07) is 1.22. The highest BCUT2D eigenvalue weighted by atomic mass is 19.1. The fraction of sp³-hybridized carbons (Fsp3) is 0.333. The quantitative estimate of drug-likeness (QED) is 0.753. The predicted molar refractivity (Wildman–Crippen MR) is 51.1 cm³/mol. The van der Waals surface area contributed by atoms with E-state index in [9.17, 15) is 9.18 Å². The number of halogens is 1. The summed E-state index contributed by atoms with van der Waals surface area (Å²) in [7, 11) is 0. The fourth-order valence-corrected chi connectivity index (χ4v) is 0.966. The van der Waals surface area contributed by atoms with Crippen molar-refractivity contribution in [2.24, 2.45) is 5.73 Å². The van der Waals surface area contributed by atoms with Gasteiger partial charge in [0.15, 0.2) is 0 Å². The zero-order valence-electron chi connectivity index (χ0n) is 7.66. The van der Waals surface area contributed by atoms with Gasteiger partial charge in [0, 0.05) is 12.5 Å². The van der Waals surface area contributed by atoms with Gasteiger partial charge in [-0.05, 0) is 13.0 Å². The zero-order valence-corrected chi connectivity index (χ0v) is 7.66. The molecule has 0 bridgehead atoms. The molecule has 3 N–H and O–H groups in total. The Labute approximate surface area is 81.3 Å². The van der Waals surface area contributed by atoms with Crippen molar-refractivity contribution in [3.63, 3.8) is 0 Å². The van der Waals surface area contributed by atoms with E-state index in [0.717, 1.165) is 6.20 Å². The monoisotopic (exact) mass is 197 g/mol. The standard InChI is InChI=1S/C9H12FN3O/c10-7-4-8(6-12-5-7)13-9(14)2-1-3-11/h4-6H,1-3,11H2,(H,13,14). The molecule has 0 fully saturated rings. The molecule has 1 amide bonds. The lowest BCUT2D eigenvalue weighted by atomic mass is 10.3. The molecule has 0 aliphatic carbocycles. The summed E-state index contributed by atoms with van der Waals surface area (Å²) in [5.41, 5.74) is 5.61. The minimum absolute atomic E-state index is 0.178. The van der Waals surface area contributed by atoms with Crippen molar-refractivity contribution in [1.29, 1.82) is 0 Å². The van der Waals surface area contributed by atoms with Gasteiger partial charge in [-0.3, -0.25) is 9.78 Å². The Morgan fingerprint density at radius 2 is 2.36 bits per heavy atom. The number of anilines is 1. The lowest BCUT2D eigenvalue weighted by Crippen LogP contribution is -2.13. The minimum atomic E-state index is -0.471. The smallest absolute Gasteiger partial charge is 0.224 e. The molecule has 0 atom stereocenters. The highest BCUT2D eigenvalue weighted by molar-refractivity contribution is 5.90. The van der Waals surface area contributed by atoms with Gasteiger partial charge in [0.2, 0.25) is 5.91 Å². The summed E-state index contributed by atoms with van der Waals surface area (Å²) in [4.78, 5) is 14.8. The van der Waals surface area contributed by atoms with Crippen LogP contribution in [0.3, 0.4) is 0 Å². The molecule has 1 heterocycles. The Morgan fingerprint density at radius 3 is 3.00 bits per heavy atom. The molecule has 0 saturated heterocycles. The lowest BCUT2D eigenvalue weighted by Gasteiger charge is -2.03. The number of carbonyl (C=O) groups excluding carboxylic acids is 1. The molecule has 0 aliphatic rings. The molecule has 4 nitrogen and oxygen atoms in total. The van der Waals surface area contributed by atoms with E-state index in [-0.39, 0.29) is 5.91 Å². The van der Waals surface area contributed by atoms with Gasteiger partial charge in [0.1, 0.15) is 5.82 Å². The number of hydrogen-bond acceptors (Lipinski definition) is 3. The molecule has 14 heavy (non-hydrogen) atoms. The normalized spacial score (nSPS) is 9.86. The molecular weight excluding hydrogens is 185 g/mol. The van der Waals surface area contributed by atoms with Crippen LogP contribution in [0.4, 0.5) is 10.1 Å². The maximum absolute atomic E-state index is 12.6. The molecule has 0 aromatic carbocycles. The van der Waals surface area contributed by atoms with Crippen LogP contribution < -0.4 is 11.1 Å². The molecule has 1 aromatic heterocycles. The number of nitrogens with zero attached hydrogens (tertiary/aromatic N) is 1. The van der Waals surface area contributed by atoms with Crippen molar-refractivity contribution in [3.05, 3.63) is 24.3 Å². The summed E-state index contributed by atoms with van der Waals surface area (Å²) in [6.07, 6.45) is 3.43. The largest absolute Gasteiger partial charge is 0.330 e. The highest BCUT2D eigenvalue weighted by Gasteiger charge is 2.02. The van der Waals surface area contributed by atoms with E-state index in [4.69, 9.17) is 5.73 Å². The van der Waals surface area contributed by atoms with E-state index >= 15 is 0 Å². The van der Waals surface area contributed by atoms with Crippen molar-refractivity contribution in [2.45, 2.75) is 12.8 Å². The van der Waals surface area contributed by atoms with E-state index < -0.39 is 5.82 Å². The number of pyridine rings is 1. The van der Waals surface area contributed by atoms with Gasteiger partial charge < -0.3 is 11.1 Å². The van der Waals surface area contributed by atoms with Crippen molar-refractivity contribution in [3.8, 4) is 0 Å². The van der Waals surface area contributed by atoms with Crippen LogP contribution in [0.1, 0.15) is 12.8 Å². The number of nitrogens with two attached hydrogens (primary N) is 1. The van der Waals surface area contributed by atoms with Gasteiger partial charge in [0.25, 0.3) is 0 Å². The average molecular weight is 197 g/mol. The van der Waals surface area contributed by atoms with Gasteiger partial charge in [-0.2, -0.15) is 0 Å².